The number of nitrogens with zero attached hydrogens (tertiary/aromatic N) is 1. The Bertz CT molecular complexity index is 489. The summed E-state index contributed by atoms with van der Waals surface area (Å²) in [5, 5.41) is 3.57. The molecule has 2 N–H and O–H groups in total. The van der Waals surface area contributed by atoms with Crippen molar-refractivity contribution >= 4 is 0 Å². The van der Waals surface area contributed by atoms with Gasteiger partial charge in [-0.15, -0.1) is 0 Å². The lowest BCUT2D eigenvalue weighted by Gasteiger charge is -2.34. The summed E-state index contributed by atoms with van der Waals surface area (Å²) >= 11 is 0. The van der Waals surface area contributed by atoms with Gasteiger partial charge in [0.05, 0.1) is 17.6 Å². The Kier molecular flexibility index (Phi) is 2.07. The summed E-state index contributed by atoms with van der Waals surface area (Å²) in [6.07, 6.45) is 2.82. The number of nitrogens with one attached hydrogen (secondary N) is 2. The number of aromatic nitrogens is 2. The normalized spacial score (nSPS) is 24.1. The van der Waals surface area contributed by atoms with Crippen molar-refractivity contribution in [3.05, 3.63) is 53.6 Å². The molecule has 0 bridgehead atoms. The van der Waals surface area contributed by atoms with Gasteiger partial charge in [-0.05, 0) is 12.5 Å². The van der Waals surface area contributed by atoms with Crippen molar-refractivity contribution in [2.75, 3.05) is 6.54 Å². The van der Waals surface area contributed by atoms with Gasteiger partial charge in [0.15, 0.2) is 0 Å². The molecule has 2 heterocycles. The molecular weight excluding hydrogens is 198 g/mol. The van der Waals surface area contributed by atoms with Gasteiger partial charge in [-0.1, -0.05) is 30.3 Å². The van der Waals surface area contributed by atoms with E-state index < -0.39 is 0 Å². The maximum absolute atomic E-state index is 4.47. The predicted octanol–water partition coefficient (Wildman–Crippen LogP) is 1.82. The van der Waals surface area contributed by atoms with Gasteiger partial charge < -0.3 is 10.3 Å². The van der Waals surface area contributed by atoms with E-state index in [4.69, 9.17) is 0 Å². The van der Waals surface area contributed by atoms with E-state index in [1.807, 2.05) is 6.07 Å². The predicted molar refractivity (Wildman–Crippen MR) is 63.2 cm³/mol. The maximum Gasteiger partial charge on any atom is 0.0926 e. The standard InChI is InChI=1S/C13H15N3/c1-13(10-5-3-2-4-6-10)12-11(7-8-16-13)14-9-15-12/h2-6,9,16H,7-8H2,1H3,(H,14,15). The largest absolute Gasteiger partial charge is 0.348 e. The van der Waals surface area contributed by atoms with E-state index in [2.05, 4.69) is 46.5 Å². The zero-order chi connectivity index (χ0) is 11.0. The molecule has 0 saturated carbocycles. The molecule has 1 aliphatic heterocycles. The fourth-order valence-electron chi connectivity index (χ4n) is 2.47. The molecule has 1 aliphatic rings. The highest BCUT2D eigenvalue weighted by Gasteiger charge is 2.35. The fraction of sp³-hybridized carbons (Fsp3) is 0.308. The summed E-state index contributed by atoms with van der Waals surface area (Å²) < 4.78 is 0. The van der Waals surface area contributed by atoms with Gasteiger partial charge in [-0.25, -0.2) is 4.98 Å². The molecule has 82 valence electrons. The van der Waals surface area contributed by atoms with Crippen molar-refractivity contribution < 1.29 is 0 Å². The van der Waals surface area contributed by atoms with Crippen LogP contribution in [0.2, 0.25) is 0 Å². The van der Waals surface area contributed by atoms with Crippen LogP contribution in [0.25, 0.3) is 0 Å². The van der Waals surface area contributed by atoms with Crippen LogP contribution < -0.4 is 5.32 Å². The molecule has 0 radical (unpaired) electrons. The molecular formula is C13H15N3. The molecule has 3 rings (SSSR count). The average molecular weight is 213 g/mol. The molecule has 1 atom stereocenters. The highest BCUT2D eigenvalue weighted by atomic mass is 15.1. The number of rotatable bonds is 1. The molecule has 3 nitrogen and oxygen atoms in total. The van der Waals surface area contributed by atoms with Gasteiger partial charge >= 0.3 is 0 Å². The number of aromatic amines is 1. The Balaban J connectivity index is 2.14. The van der Waals surface area contributed by atoms with E-state index in [-0.39, 0.29) is 5.54 Å². The molecule has 1 aromatic carbocycles. The number of hydrogen-bond donors (Lipinski definition) is 2. The van der Waals surface area contributed by atoms with Gasteiger partial charge in [0, 0.05) is 18.7 Å². The number of hydrogen-bond acceptors (Lipinski definition) is 2. The van der Waals surface area contributed by atoms with Crippen LogP contribution >= 0.6 is 0 Å². The third-order valence-electron chi connectivity index (χ3n) is 3.40. The molecule has 0 spiro atoms. The van der Waals surface area contributed by atoms with Crippen LogP contribution in [0.15, 0.2) is 36.7 Å². The first-order valence-corrected chi connectivity index (χ1v) is 5.64. The highest BCUT2D eigenvalue weighted by Crippen LogP contribution is 2.32. The second-order valence-electron chi connectivity index (χ2n) is 4.40. The minimum absolute atomic E-state index is 0.158. The van der Waals surface area contributed by atoms with Crippen molar-refractivity contribution in [3.8, 4) is 0 Å². The molecule has 0 saturated heterocycles. The number of fused-ring (bicyclic) bond motifs is 1. The lowest BCUT2D eigenvalue weighted by atomic mass is 9.84. The fourth-order valence-corrected chi connectivity index (χ4v) is 2.47. The summed E-state index contributed by atoms with van der Waals surface area (Å²) in [5.41, 5.74) is 3.49. The molecule has 0 fully saturated rings. The van der Waals surface area contributed by atoms with Crippen LogP contribution in [-0.2, 0) is 12.0 Å². The molecule has 0 amide bonds. The Labute approximate surface area is 94.9 Å². The zero-order valence-electron chi connectivity index (χ0n) is 9.33. The van der Waals surface area contributed by atoms with E-state index in [0.717, 1.165) is 18.7 Å². The van der Waals surface area contributed by atoms with Crippen molar-refractivity contribution in [1.29, 1.82) is 0 Å². The molecule has 3 heteroatoms. The lowest BCUT2D eigenvalue weighted by molar-refractivity contribution is 0.403. The Morgan fingerprint density at radius 2 is 2.06 bits per heavy atom. The van der Waals surface area contributed by atoms with E-state index >= 15 is 0 Å². The minimum atomic E-state index is -0.158. The monoisotopic (exact) mass is 213 g/mol. The van der Waals surface area contributed by atoms with E-state index in [9.17, 15) is 0 Å². The quantitative estimate of drug-likeness (QED) is 0.758. The summed E-state index contributed by atoms with van der Waals surface area (Å²) in [7, 11) is 0. The van der Waals surface area contributed by atoms with Crippen LogP contribution in [0, 0.1) is 0 Å². The van der Waals surface area contributed by atoms with Crippen LogP contribution in [-0.4, -0.2) is 16.5 Å². The van der Waals surface area contributed by atoms with Crippen LogP contribution in [0.3, 0.4) is 0 Å². The summed E-state index contributed by atoms with van der Waals surface area (Å²) in [5.74, 6) is 0. The second kappa shape index (κ2) is 3.46. The first-order chi connectivity index (χ1) is 7.81. The van der Waals surface area contributed by atoms with Gasteiger partial charge in [-0.2, -0.15) is 0 Å². The van der Waals surface area contributed by atoms with Crippen LogP contribution in [0.1, 0.15) is 23.9 Å². The van der Waals surface area contributed by atoms with Gasteiger partial charge in [0.1, 0.15) is 0 Å². The molecule has 0 aliphatic carbocycles. The van der Waals surface area contributed by atoms with E-state index in [0.29, 0.717) is 0 Å². The molecule has 1 aromatic heterocycles. The van der Waals surface area contributed by atoms with Crippen molar-refractivity contribution in [2.24, 2.45) is 0 Å². The number of benzene rings is 1. The van der Waals surface area contributed by atoms with E-state index in [1.165, 1.54) is 11.3 Å². The molecule has 16 heavy (non-hydrogen) atoms. The Hall–Kier alpha value is -1.61. The SMILES string of the molecule is CC1(c2ccccc2)NCCc2[nH]cnc21. The number of H-pyrrole nitrogens is 1. The lowest BCUT2D eigenvalue weighted by Crippen LogP contribution is -2.46. The number of imidazole rings is 1. The van der Waals surface area contributed by atoms with Crippen molar-refractivity contribution in [3.63, 3.8) is 0 Å². The zero-order valence-corrected chi connectivity index (χ0v) is 9.33. The van der Waals surface area contributed by atoms with Gasteiger partial charge in [-0.3, -0.25) is 0 Å². The van der Waals surface area contributed by atoms with Gasteiger partial charge in [0.2, 0.25) is 0 Å². The third-order valence-corrected chi connectivity index (χ3v) is 3.40. The Morgan fingerprint density at radius 3 is 2.88 bits per heavy atom. The minimum Gasteiger partial charge on any atom is -0.348 e. The van der Waals surface area contributed by atoms with Crippen LogP contribution in [0.5, 0.6) is 0 Å². The van der Waals surface area contributed by atoms with Gasteiger partial charge in [0.25, 0.3) is 0 Å². The van der Waals surface area contributed by atoms with E-state index in [1.54, 1.807) is 6.33 Å². The maximum atomic E-state index is 4.47. The molecule has 2 aromatic rings. The summed E-state index contributed by atoms with van der Waals surface area (Å²) in [4.78, 5) is 7.70. The second-order valence-corrected chi connectivity index (χ2v) is 4.40. The Morgan fingerprint density at radius 1 is 1.25 bits per heavy atom. The average Bonchev–Trinajstić information content (AvgIpc) is 2.80. The van der Waals surface area contributed by atoms with Crippen LogP contribution in [0.4, 0.5) is 0 Å². The van der Waals surface area contributed by atoms with Crippen molar-refractivity contribution in [1.82, 2.24) is 15.3 Å². The molecule has 1 unspecified atom stereocenters. The highest BCUT2D eigenvalue weighted by molar-refractivity contribution is 5.37. The van der Waals surface area contributed by atoms with Crippen molar-refractivity contribution in [2.45, 2.75) is 18.9 Å². The smallest absolute Gasteiger partial charge is 0.0926 e. The summed E-state index contributed by atoms with van der Waals surface area (Å²) in [6.45, 7) is 3.18. The first-order valence-electron chi connectivity index (χ1n) is 5.64. The topological polar surface area (TPSA) is 40.7 Å². The third kappa shape index (κ3) is 1.28. The summed E-state index contributed by atoms with van der Waals surface area (Å²) in [6, 6.07) is 10.5. The first kappa shape index (κ1) is 9.60.